The number of Topliss-reactive ketones (excluding diaryl/α,β-unsaturated/α-hetero) is 1. The maximum Gasteiger partial charge on any atom is 0.228 e. The molecule has 2 rings (SSSR count). The molecule has 1 aromatic carbocycles. The van der Waals surface area contributed by atoms with Gasteiger partial charge >= 0.3 is 0 Å². The fraction of sp³-hybridized carbons (Fsp3) is 0.818. The number of nitrogens with two attached hydrogens (primary N) is 1. The highest BCUT2D eigenvalue weighted by Gasteiger charge is 2.44. The second-order valence-corrected chi connectivity index (χ2v) is 15.5. The second kappa shape index (κ2) is 27.2. The molecule has 0 saturated heterocycles. The van der Waals surface area contributed by atoms with Crippen molar-refractivity contribution in [3.63, 3.8) is 0 Å². The summed E-state index contributed by atoms with van der Waals surface area (Å²) in [5, 5.41) is 0. The first kappa shape index (κ1) is 41.5. The maximum absolute atomic E-state index is 14.2. The summed E-state index contributed by atoms with van der Waals surface area (Å²) in [6.07, 6.45) is 40.0. The minimum Gasteiger partial charge on any atom is -0.369 e. The quantitative estimate of drug-likeness (QED) is 0.0607. The number of unbranched alkanes of at least 4 members (excludes halogenated alkanes) is 26. The summed E-state index contributed by atoms with van der Waals surface area (Å²) in [7, 11) is 0. The number of ketones is 1. The van der Waals surface area contributed by atoms with E-state index in [0.29, 0.717) is 6.42 Å². The first-order chi connectivity index (χ1) is 23.0. The topological polar surface area (TPSA) is 60.2 Å². The van der Waals surface area contributed by atoms with E-state index in [0.717, 1.165) is 38.5 Å². The van der Waals surface area contributed by atoms with Gasteiger partial charge in [0.2, 0.25) is 5.91 Å². The average molecular weight is 652 g/mol. The van der Waals surface area contributed by atoms with Crippen molar-refractivity contribution in [3.05, 3.63) is 35.4 Å². The van der Waals surface area contributed by atoms with E-state index in [2.05, 4.69) is 38.1 Å². The monoisotopic (exact) mass is 652 g/mol. The normalized spacial score (nSPS) is 14.3. The van der Waals surface area contributed by atoms with Crippen molar-refractivity contribution in [3.8, 4) is 0 Å². The first-order valence-electron chi connectivity index (χ1n) is 20.9. The lowest BCUT2D eigenvalue weighted by Gasteiger charge is -2.38. The number of hydrogen-bond acceptors (Lipinski definition) is 2. The lowest BCUT2D eigenvalue weighted by Crippen LogP contribution is -2.45. The first-order valence-corrected chi connectivity index (χ1v) is 20.9. The van der Waals surface area contributed by atoms with Crippen LogP contribution in [0.25, 0.3) is 0 Å². The van der Waals surface area contributed by atoms with Gasteiger partial charge in [-0.25, -0.2) is 0 Å². The zero-order valence-electron chi connectivity index (χ0n) is 31.4. The Bertz CT molecular complexity index is 902. The molecule has 0 aliphatic heterocycles. The van der Waals surface area contributed by atoms with Gasteiger partial charge in [-0.15, -0.1) is 0 Å². The number of carbonyl (C=O) groups is 2. The fourth-order valence-corrected chi connectivity index (χ4v) is 8.14. The zero-order chi connectivity index (χ0) is 33.8. The fourth-order valence-electron chi connectivity index (χ4n) is 8.14. The Morgan fingerprint density at radius 2 is 0.894 bits per heavy atom. The number of rotatable bonds is 33. The molecular formula is C44H77NO2. The third-order valence-electron chi connectivity index (χ3n) is 11.1. The van der Waals surface area contributed by atoms with Crippen LogP contribution in [0.3, 0.4) is 0 Å². The van der Waals surface area contributed by atoms with Gasteiger partial charge in [-0.3, -0.25) is 9.59 Å². The number of carbonyl (C=O) groups excluding carboxylic acids is 2. The van der Waals surface area contributed by atoms with E-state index in [-0.39, 0.29) is 5.78 Å². The summed E-state index contributed by atoms with van der Waals surface area (Å²) >= 11 is 0. The van der Waals surface area contributed by atoms with Crippen LogP contribution in [0.15, 0.2) is 24.3 Å². The molecule has 3 heteroatoms. The molecule has 3 nitrogen and oxygen atoms in total. The molecule has 0 heterocycles. The molecule has 47 heavy (non-hydrogen) atoms. The predicted octanol–water partition coefficient (Wildman–Crippen LogP) is 13.2. The lowest BCUT2D eigenvalue weighted by molar-refractivity contribution is -0.140. The minimum absolute atomic E-state index is 0.140. The summed E-state index contributed by atoms with van der Waals surface area (Å²) in [5.41, 5.74) is 7.97. The molecule has 1 aromatic rings. The van der Waals surface area contributed by atoms with Crippen LogP contribution in [0.5, 0.6) is 0 Å². The smallest absolute Gasteiger partial charge is 0.228 e. The van der Waals surface area contributed by atoms with Gasteiger partial charge in [0.1, 0.15) is 0 Å². The zero-order valence-corrected chi connectivity index (χ0v) is 31.4. The van der Waals surface area contributed by atoms with E-state index < -0.39 is 17.2 Å². The standard InChI is InChI=1S/C44H77NO2/c1-3-5-7-9-11-13-15-17-19-21-23-25-27-29-34-41(43(45)47)42(46)44(37-39-32-31-33-40(36-39)38-44)35-30-28-26-24-22-20-18-16-14-12-10-8-6-4-2/h31-33,36,41H,3-30,34-35,37-38H2,1-2H3,(H2,45,47). The highest BCUT2D eigenvalue weighted by molar-refractivity contribution is 6.03. The van der Waals surface area contributed by atoms with Crippen molar-refractivity contribution >= 4 is 11.7 Å². The molecule has 1 aliphatic rings. The van der Waals surface area contributed by atoms with Gasteiger partial charge in [-0.2, -0.15) is 0 Å². The lowest BCUT2D eigenvalue weighted by atomic mass is 9.64. The largest absolute Gasteiger partial charge is 0.369 e. The molecule has 1 aliphatic carbocycles. The molecule has 1 amide bonds. The predicted molar refractivity (Wildman–Crippen MR) is 204 cm³/mol. The average Bonchev–Trinajstić information content (AvgIpc) is 3.06. The Labute approximate surface area is 292 Å². The molecule has 1 atom stereocenters. The Kier molecular flexibility index (Phi) is 24.0. The molecule has 0 radical (unpaired) electrons. The number of benzene rings is 1. The van der Waals surface area contributed by atoms with Crippen LogP contribution in [0.4, 0.5) is 0 Å². The molecule has 270 valence electrons. The molecule has 1 unspecified atom stereocenters. The molecule has 0 saturated carbocycles. The summed E-state index contributed by atoms with van der Waals surface area (Å²) < 4.78 is 0. The van der Waals surface area contributed by atoms with E-state index in [4.69, 9.17) is 5.73 Å². The summed E-state index contributed by atoms with van der Waals surface area (Å²) in [4.78, 5) is 26.9. The highest BCUT2D eigenvalue weighted by atomic mass is 16.2. The third kappa shape index (κ3) is 18.6. The maximum atomic E-state index is 14.2. The number of primary amides is 1. The highest BCUT2D eigenvalue weighted by Crippen LogP contribution is 2.41. The molecule has 0 spiro atoms. The minimum atomic E-state index is -0.636. The number of hydrogen-bond donors (Lipinski definition) is 1. The Hall–Kier alpha value is -1.64. The van der Waals surface area contributed by atoms with Crippen LogP contribution in [0.2, 0.25) is 0 Å². The van der Waals surface area contributed by atoms with E-state index >= 15 is 0 Å². The Morgan fingerprint density at radius 1 is 0.553 bits per heavy atom. The molecule has 0 aromatic heterocycles. The summed E-state index contributed by atoms with van der Waals surface area (Å²) in [5.74, 6) is -0.900. The van der Waals surface area contributed by atoms with Gasteiger partial charge in [-0.05, 0) is 36.8 Å². The molecule has 2 N–H and O–H groups in total. The van der Waals surface area contributed by atoms with E-state index in [1.807, 2.05) is 0 Å². The van der Waals surface area contributed by atoms with Gasteiger partial charge in [0.05, 0.1) is 5.92 Å². The van der Waals surface area contributed by atoms with Crippen LogP contribution in [0.1, 0.15) is 218 Å². The molecule has 0 fully saturated rings. The van der Waals surface area contributed by atoms with Crippen LogP contribution in [-0.4, -0.2) is 11.7 Å². The second-order valence-electron chi connectivity index (χ2n) is 15.5. The van der Waals surface area contributed by atoms with Gasteiger partial charge in [0.25, 0.3) is 0 Å². The van der Waals surface area contributed by atoms with Crippen LogP contribution in [-0.2, 0) is 22.4 Å². The van der Waals surface area contributed by atoms with E-state index in [1.165, 1.54) is 172 Å². The molecular weight excluding hydrogens is 574 g/mol. The van der Waals surface area contributed by atoms with Gasteiger partial charge in [-0.1, -0.05) is 218 Å². The van der Waals surface area contributed by atoms with E-state index in [9.17, 15) is 9.59 Å². The van der Waals surface area contributed by atoms with Crippen molar-refractivity contribution < 1.29 is 9.59 Å². The third-order valence-corrected chi connectivity index (χ3v) is 11.1. The van der Waals surface area contributed by atoms with Gasteiger partial charge in [0.15, 0.2) is 5.78 Å². The van der Waals surface area contributed by atoms with Gasteiger partial charge in [0, 0.05) is 5.41 Å². The van der Waals surface area contributed by atoms with Crippen LogP contribution < -0.4 is 5.73 Å². The van der Waals surface area contributed by atoms with Crippen molar-refractivity contribution in [2.75, 3.05) is 0 Å². The van der Waals surface area contributed by atoms with Crippen molar-refractivity contribution in [2.24, 2.45) is 17.1 Å². The van der Waals surface area contributed by atoms with Crippen molar-refractivity contribution in [1.82, 2.24) is 0 Å². The SMILES string of the molecule is CCCCCCCCCCCCCCCCC(C(N)=O)C(=O)C1(CCCCCCCCCCCCCCCC)Cc2cccc(c2)C1. The Balaban J connectivity index is 1.68. The van der Waals surface area contributed by atoms with Gasteiger partial charge < -0.3 is 5.73 Å². The van der Waals surface area contributed by atoms with Crippen molar-refractivity contribution in [1.29, 1.82) is 0 Å². The Morgan fingerprint density at radius 3 is 1.26 bits per heavy atom. The number of fused-ring (bicyclic) bond motifs is 2. The molecule has 2 bridgehead atoms. The van der Waals surface area contributed by atoms with Crippen molar-refractivity contribution in [2.45, 2.75) is 219 Å². The summed E-state index contributed by atoms with van der Waals surface area (Å²) in [6.45, 7) is 4.57. The van der Waals surface area contributed by atoms with Crippen LogP contribution in [0, 0.1) is 11.3 Å². The summed E-state index contributed by atoms with van der Waals surface area (Å²) in [6, 6.07) is 8.68. The van der Waals surface area contributed by atoms with E-state index in [1.54, 1.807) is 0 Å². The van der Waals surface area contributed by atoms with Crippen LogP contribution >= 0.6 is 0 Å². The number of amides is 1.